The van der Waals surface area contributed by atoms with Crippen LogP contribution in [0.4, 0.5) is 0 Å². The van der Waals surface area contributed by atoms with Gasteiger partial charge < -0.3 is 10.0 Å². The lowest BCUT2D eigenvalue weighted by Gasteiger charge is -2.25. The lowest BCUT2D eigenvalue weighted by atomic mass is 10.1. The van der Waals surface area contributed by atoms with Crippen LogP contribution in [0.2, 0.25) is 5.02 Å². The van der Waals surface area contributed by atoms with Crippen molar-refractivity contribution in [1.82, 2.24) is 9.88 Å². The highest BCUT2D eigenvalue weighted by molar-refractivity contribution is 7.17. The average Bonchev–Trinajstić information content (AvgIpc) is 2.78. The SMILES string of the molecule is Cc1nc(-c2cccc(Cl)c2)sc1C(=O)N(C)CC(C)(C)O. The van der Waals surface area contributed by atoms with Crippen LogP contribution in [0.25, 0.3) is 10.6 Å². The van der Waals surface area contributed by atoms with Gasteiger partial charge in [0.05, 0.1) is 11.3 Å². The normalized spacial score (nSPS) is 11.5. The number of aliphatic hydroxyl groups is 1. The van der Waals surface area contributed by atoms with E-state index in [0.29, 0.717) is 15.6 Å². The Morgan fingerprint density at radius 3 is 2.73 bits per heavy atom. The highest BCUT2D eigenvalue weighted by atomic mass is 35.5. The Kier molecular flexibility index (Phi) is 4.90. The molecular weight excluding hydrogens is 320 g/mol. The van der Waals surface area contributed by atoms with E-state index < -0.39 is 5.60 Å². The third-order valence-electron chi connectivity index (χ3n) is 3.03. The minimum atomic E-state index is -0.932. The number of aryl methyl sites for hydroxylation is 1. The van der Waals surface area contributed by atoms with E-state index in [0.717, 1.165) is 10.6 Å². The van der Waals surface area contributed by atoms with Crippen molar-refractivity contribution in [3.8, 4) is 10.6 Å². The van der Waals surface area contributed by atoms with E-state index in [-0.39, 0.29) is 12.5 Å². The molecule has 0 radical (unpaired) electrons. The molecule has 0 saturated heterocycles. The first-order chi connectivity index (χ1) is 10.2. The number of benzene rings is 1. The van der Waals surface area contributed by atoms with Crippen LogP contribution in [0.5, 0.6) is 0 Å². The van der Waals surface area contributed by atoms with E-state index in [9.17, 15) is 9.90 Å². The summed E-state index contributed by atoms with van der Waals surface area (Å²) in [5.74, 6) is -0.134. The van der Waals surface area contributed by atoms with Gasteiger partial charge in [-0.3, -0.25) is 4.79 Å². The average molecular weight is 339 g/mol. The lowest BCUT2D eigenvalue weighted by molar-refractivity contribution is 0.0370. The zero-order valence-corrected chi connectivity index (χ0v) is 14.6. The fourth-order valence-corrected chi connectivity index (χ4v) is 3.41. The molecule has 1 amide bonds. The van der Waals surface area contributed by atoms with Gasteiger partial charge in [0.1, 0.15) is 9.88 Å². The van der Waals surface area contributed by atoms with Crippen molar-refractivity contribution in [2.24, 2.45) is 0 Å². The summed E-state index contributed by atoms with van der Waals surface area (Å²) in [4.78, 5) is 19.1. The van der Waals surface area contributed by atoms with Crippen molar-refractivity contribution in [3.63, 3.8) is 0 Å². The summed E-state index contributed by atoms with van der Waals surface area (Å²) in [5, 5.41) is 11.2. The van der Waals surface area contributed by atoms with Crippen molar-refractivity contribution < 1.29 is 9.90 Å². The summed E-state index contributed by atoms with van der Waals surface area (Å²) >= 11 is 7.34. The van der Waals surface area contributed by atoms with Crippen LogP contribution < -0.4 is 0 Å². The maximum absolute atomic E-state index is 12.5. The number of aromatic nitrogens is 1. The Bertz CT molecular complexity index is 692. The number of likely N-dealkylation sites (N-methyl/N-ethyl adjacent to an activating group) is 1. The molecule has 0 atom stereocenters. The maximum atomic E-state index is 12.5. The molecule has 0 fully saturated rings. The molecule has 1 heterocycles. The zero-order chi connectivity index (χ0) is 16.5. The largest absolute Gasteiger partial charge is 0.389 e. The number of halogens is 1. The monoisotopic (exact) mass is 338 g/mol. The molecule has 4 nitrogen and oxygen atoms in total. The third kappa shape index (κ3) is 4.06. The third-order valence-corrected chi connectivity index (χ3v) is 4.46. The van der Waals surface area contributed by atoms with Gasteiger partial charge >= 0.3 is 0 Å². The van der Waals surface area contributed by atoms with Gasteiger partial charge in [-0.25, -0.2) is 4.98 Å². The fourth-order valence-electron chi connectivity index (χ4n) is 2.17. The van der Waals surface area contributed by atoms with Crippen molar-refractivity contribution >= 4 is 28.8 Å². The van der Waals surface area contributed by atoms with E-state index in [4.69, 9.17) is 11.6 Å². The molecule has 1 aromatic carbocycles. The molecule has 0 unspecified atom stereocenters. The second-order valence-corrected chi connectivity index (χ2v) is 7.35. The lowest BCUT2D eigenvalue weighted by Crippen LogP contribution is -2.39. The Labute approximate surface area is 139 Å². The van der Waals surface area contributed by atoms with Crippen LogP contribution in [0.15, 0.2) is 24.3 Å². The molecule has 6 heteroatoms. The minimum Gasteiger partial charge on any atom is -0.389 e. The minimum absolute atomic E-state index is 0.134. The highest BCUT2D eigenvalue weighted by Crippen LogP contribution is 2.30. The summed E-state index contributed by atoms with van der Waals surface area (Å²) in [6.45, 7) is 5.42. The number of rotatable bonds is 4. The molecule has 2 aromatic rings. The molecule has 1 N–H and O–H groups in total. The topological polar surface area (TPSA) is 53.4 Å². The fraction of sp³-hybridized carbons (Fsp3) is 0.375. The van der Waals surface area contributed by atoms with E-state index in [1.165, 1.54) is 16.2 Å². The molecule has 22 heavy (non-hydrogen) atoms. The Balaban J connectivity index is 2.28. The van der Waals surface area contributed by atoms with Crippen molar-refractivity contribution in [1.29, 1.82) is 0 Å². The van der Waals surface area contributed by atoms with Gasteiger partial charge in [0.2, 0.25) is 0 Å². The summed E-state index contributed by atoms with van der Waals surface area (Å²) < 4.78 is 0. The standard InChI is InChI=1S/C16H19ClN2O2S/c1-10-13(15(20)19(4)9-16(2,3)21)22-14(18-10)11-6-5-7-12(17)8-11/h5-8,21H,9H2,1-4H3. The quantitative estimate of drug-likeness (QED) is 0.926. The highest BCUT2D eigenvalue weighted by Gasteiger charge is 2.24. The van der Waals surface area contributed by atoms with Crippen molar-refractivity contribution in [3.05, 3.63) is 39.9 Å². The molecule has 118 valence electrons. The molecule has 0 aliphatic carbocycles. The van der Waals surface area contributed by atoms with Gasteiger partial charge in [0, 0.05) is 24.2 Å². The number of nitrogens with zero attached hydrogens (tertiary/aromatic N) is 2. The maximum Gasteiger partial charge on any atom is 0.265 e. The molecule has 0 spiro atoms. The summed E-state index contributed by atoms with van der Waals surface area (Å²) in [6, 6.07) is 7.40. The number of amides is 1. The summed E-state index contributed by atoms with van der Waals surface area (Å²) in [6.07, 6.45) is 0. The number of thiazole rings is 1. The van der Waals surface area contributed by atoms with Gasteiger partial charge in [-0.2, -0.15) is 0 Å². The van der Waals surface area contributed by atoms with Crippen LogP contribution in [-0.4, -0.2) is 40.1 Å². The van der Waals surface area contributed by atoms with Crippen LogP contribution >= 0.6 is 22.9 Å². The molecule has 1 aromatic heterocycles. The van der Waals surface area contributed by atoms with Crippen molar-refractivity contribution in [2.75, 3.05) is 13.6 Å². The Hall–Kier alpha value is -1.43. The number of carbonyl (C=O) groups excluding carboxylic acids is 1. The zero-order valence-electron chi connectivity index (χ0n) is 13.1. The predicted octanol–water partition coefficient (Wildman–Crippen LogP) is 3.61. The molecular formula is C16H19ClN2O2S. The molecule has 2 rings (SSSR count). The van der Waals surface area contributed by atoms with E-state index in [1.54, 1.807) is 27.0 Å². The van der Waals surface area contributed by atoms with Crippen molar-refractivity contribution in [2.45, 2.75) is 26.4 Å². The van der Waals surface area contributed by atoms with Crippen LogP contribution in [-0.2, 0) is 0 Å². The van der Waals surface area contributed by atoms with Gasteiger partial charge in [-0.15, -0.1) is 11.3 Å². The van der Waals surface area contributed by atoms with E-state index in [2.05, 4.69) is 4.98 Å². The van der Waals surface area contributed by atoms with Gasteiger partial charge in [0.15, 0.2) is 0 Å². The van der Waals surface area contributed by atoms with Gasteiger partial charge in [0.25, 0.3) is 5.91 Å². The molecule has 0 aliphatic rings. The summed E-state index contributed by atoms with van der Waals surface area (Å²) in [7, 11) is 1.68. The first-order valence-corrected chi connectivity index (χ1v) is 8.08. The number of hydrogen-bond donors (Lipinski definition) is 1. The summed E-state index contributed by atoms with van der Waals surface area (Å²) in [5.41, 5.74) is 0.649. The number of hydrogen-bond acceptors (Lipinski definition) is 4. The molecule has 0 saturated carbocycles. The van der Waals surface area contributed by atoms with Crippen LogP contribution in [0.1, 0.15) is 29.2 Å². The first-order valence-electron chi connectivity index (χ1n) is 6.88. The van der Waals surface area contributed by atoms with E-state index in [1.807, 2.05) is 25.1 Å². The Morgan fingerprint density at radius 1 is 1.45 bits per heavy atom. The van der Waals surface area contributed by atoms with Crippen LogP contribution in [0, 0.1) is 6.92 Å². The second kappa shape index (κ2) is 6.36. The number of carbonyl (C=O) groups is 1. The second-order valence-electron chi connectivity index (χ2n) is 5.92. The van der Waals surface area contributed by atoms with E-state index >= 15 is 0 Å². The molecule has 0 bridgehead atoms. The molecule has 0 aliphatic heterocycles. The smallest absolute Gasteiger partial charge is 0.265 e. The van der Waals surface area contributed by atoms with Gasteiger partial charge in [-0.05, 0) is 32.9 Å². The van der Waals surface area contributed by atoms with Crippen LogP contribution in [0.3, 0.4) is 0 Å². The van der Waals surface area contributed by atoms with Gasteiger partial charge in [-0.1, -0.05) is 23.7 Å². The first kappa shape index (κ1) is 16.9. The Morgan fingerprint density at radius 2 is 2.14 bits per heavy atom. The predicted molar refractivity (Wildman–Crippen MR) is 90.6 cm³/mol.